The Balaban J connectivity index is 2.99. The Morgan fingerprint density at radius 2 is 1.89 bits per heavy atom. The third-order valence-electron chi connectivity index (χ3n) is 2.88. The van der Waals surface area contributed by atoms with Crippen LogP contribution in [0.25, 0.3) is 0 Å². The Bertz CT molecular complexity index is 456. The fraction of sp³-hybridized carbons (Fsp3) is 0.571. The van der Waals surface area contributed by atoms with Crippen LogP contribution in [0.4, 0.5) is 5.82 Å². The van der Waals surface area contributed by atoms with E-state index in [2.05, 4.69) is 23.7 Å². The molecule has 0 bridgehead atoms. The van der Waals surface area contributed by atoms with Gasteiger partial charge in [-0.15, -0.1) is 0 Å². The molecule has 0 atom stereocenters. The van der Waals surface area contributed by atoms with Crippen molar-refractivity contribution in [1.82, 2.24) is 9.47 Å². The average molecular weight is 249 g/mol. The first-order chi connectivity index (χ1) is 8.60. The van der Waals surface area contributed by atoms with E-state index < -0.39 is 0 Å². The molecule has 1 rings (SSSR count). The molecule has 0 aliphatic rings. The second-order valence-electron chi connectivity index (χ2n) is 4.43. The molecule has 0 saturated heterocycles. The molecule has 18 heavy (non-hydrogen) atoms. The van der Waals surface area contributed by atoms with E-state index in [0.29, 0.717) is 5.82 Å². The fourth-order valence-electron chi connectivity index (χ4n) is 1.88. The molecule has 0 spiro atoms. The van der Waals surface area contributed by atoms with Crippen molar-refractivity contribution < 1.29 is 0 Å². The van der Waals surface area contributed by atoms with Crippen molar-refractivity contribution >= 4 is 11.7 Å². The third-order valence-corrected chi connectivity index (χ3v) is 2.88. The molecule has 0 aliphatic carbocycles. The number of hydrogen-bond donors (Lipinski definition) is 0. The van der Waals surface area contributed by atoms with E-state index in [-0.39, 0.29) is 5.56 Å². The van der Waals surface area contributed by atoms with Gasteiger partial charge >= 0.3 is 0 Å². The summed E-state index contributed by atoms with van der Waals surface area (Å²) in [6, 6.07) is 5.16. The van der Waals surface area contributed by atoms with Crippen LogP contribution < -0.4 is 5.56 Å². The maximum Gasteiger partial charge on any atom is 0.251 e. The predicted octanol–water partition coefficient (Wildman–Crippen LogP) is 2.56. The third kappa shape index (κ3) is 3.72. The van der Waals surface area contributed by atoms with Crippen molar-refractivity contribution in [2.24, 2.45) is 12.0 Å². The van der Waals surface area contributed by atoms with Crippen LogP contribution in [0.15, 0.2) is 28.0 Å². The zero-order valence-electron chi connectivity index (χ0n) is 11.8. The van der Waals surface area contributed by atoms with Gasteiger partial charge in [0.05, 0.1) is 0 Å². The minimum Gasteiger partial charge on any atom is -0.360 e. The first kappa shape index (κ1) is 14.5. The van der Waals surface area contributed by atoms with Crippen LogP contribution in [0.2, 0.25) is 0 Å². The lowest BCUT2D eigenvalue weighted by Gasteiger charge is -2.23. The smallest absolute Gasteiger partial charge is 0.251 e. The summed E-state index contributed by atoms with van der Waals surface area (Å²) in [5, 5.41) is 0. The number of hydrogen-bond acceptors (Lipinski definition) is 2. The van der Waals surface area contributed by atoms with Crippen LogP contribution in [0.3, 0.4) is 0 Å². The summed E-state index contributed by atoms with van der Waals surface area (Å²) in [5.41, 5.74) is -0.0263. The van der Waals surface area contributed by atoms with Crippen LogP contribution in [0, 0.1) is 0 Å². The molecular weight excluding hydrogens is 226 g/mol. The molecule has 1 aromatic heterocycles. The predicted molar refractivity (Wildman–Crippen MR) is 76.6 cm³/mol. The van der Waals surface area contributed by atoms with Gasteiger partial charge in [0.15, 0.2) is 0 Å². The average Bonchev–Trinajstić information content (AvgIpc) is 2.34. The molecule has 1 heterocycles. The number of pyridine rings is 1. The summed E-state index contributed by atoms with van der Waals surface area (Å²) in [4.78, 5) is 18.3. The van der Waals surface area contributed by atoms with Crippen LogP contribution in [-0.2, 0) is 7.05 Å². The summed E-state index contributed by atoms with van der Waals surface area (Å²) in [7, 11) is 1.75. The molecule has 4 nitrogen and oxygen atoms in total. The minimum atomic E-state index is -0.0263. The normalized spacial score (nSPS) is 11.7. The highest BCUT2D eigenvalue weighted by molar-refractivity contribution is 5.82. The lowest BCUT2D eigenvalue weighted by molar-refractivity contribution is 0.414. The lowest BCUT2D eigenvalue weighted by atomic mass is 10.3. The van der Waals surface area contributed by atoms with Gasteiger partial charge < -0.3 is 4.90 Å². The minimum absolute atomic E-state index is 0.0263. The van der Waals surface area contributed by atoms with Crippen LogP contribution in [0.5, 0.6) is 0 Å². The van der Waals surface area contributed by atoms with E-state index in [0.717, 1.165) is 31.8 Å². The van der Waals surface area contributed by atoms with E-state index in [1.807, 2.05) is 13.0 Å². The van der Waals surface area contributed by atoms with Gasteiger partial charge in [-0.2, -0.15) is 0 Å². The maximum absolute atomic E-state index is 11.5. The first-order valence-corrected chi connectivity index (χ1v) is 6.56. The van der Waals surface area contributed by atoms with Crippen molar-refractivity contribution in [3.8, 4) is 0 Å². The van der Waals surface area contributed by atoms with E-state index >= 15 is 0 Å². The summed E-state index contributed by atoms with van der Waals surface area (Å²) >= 11 is 0. The van der Waals surface area contributed by atoms with Crippen LogP contribution in [-0.4, -0.2) is 28.4 Å². The number of aliphatic imine (C=N–C) groups is 1. The van der Waals surface area contributed by atoms with Gasteiger partial charge in [0, 0.05) is 26.2 Å². The van der Waals surface area contributed by atoms with Crippen molar-refractivity contribution in [3.05, 3.63) is 28.6 Å². The van der Waals surface area contributed by atoms with Crippen molar-refractivity contribution in [2.45, 2.75) is 33.6 Å². The first-order valence-electron chi connectivity index (χ1n) is 6.56. The number of rotatable bonds is 5. The van der Waals surface area contributed by atoms with Crippen molar-refractivity contribution in [1.29, 1.82) is 0 Å². The number of amidine groups is 1. The molecule has 100 valence electrons. The largest absolute Gasteiger partial charge is 0.360 e. The number of aromatic nitrogens is 1. The molecule has 0 fully saturated rings. The summed E-state index contributed by atoms with van der Waals surface area (Å²) in [5.74, 6) is 1.68. The molecule has 0 radical (unpaired) electrons. The Morgan fingerprint density at radius 1 is 1.28 bits per heavy atom. The zero-order chi connectivity index (χ0) is 13.5. The molecule has 0 aromatic carbocycles. The fourth-order valence-corrected chi connectivity index (χ4v) is 1.88. The van der Waals surface area contributed by atoms with Gasteiger partial charge in [-0.05, 0) is 25.8 Å². The number of nitrogens with zero attached hydrogens (tertiary/aromatic N) is 3. The highest BCUT2D eigenvalue weighted by Gasteiger charge is 2.05. The van der Waals surface area contributed by atoms with Gasteiger partial charge in [0.25, 0.3) is 5.56 Å². The molecule has 0 N–H and O–H groups in total. The molecule has 0 unspecified atom stereocenters. The molecule has 0 saturated carbocycles. The molecular formula is C14H23N3O. The van der Waals surface area contributed by atoms with Gasteiger partial charge in [0.1, 0.15) is 11.7 Å². The SMILES string of the molecule is CCCN(CCC)/C(C)=N/c1cccc(=O)n1C. The van der Waals surface area contributed by atoms with E-state index in [1.54, 1.807) is 23.7 Å². The van der Waals surface area contributed by atoms with Crippen LogP contribution >= 0.6 is 0 Å². The zero-order valence-corrected chi connectivity index (χ0v) is 11.8. The van der Waals surface area contributed by atoms with Gasteiger partial charge in [-0.3, -0.25) is 9.36 Å². The lowest BCUT2D eigenvalue weighted by Crippen LogP contribution is -2.30. The summed E-state index contributed by atoms with van der Waals surface area (Å²) < 4.78 is 1.57. The molecule has 4 heteroatoms. The highest BCUT2D eigenvalue weighted by atomic mass is 16.1. The summed E-state index contributed by atoms with van der Waals surface area (Å²) in [6.07, 6.45) is 2.20. The van der Waals surface area contributed by atoms with Crippen LogP contribution in [0.1, 0.15) is 33.6 Å². The second-order valence-corrected chi connectivity index (χ2v) is 4.43. The Morgan fingerprint density at radius 3 is 2.44 bits per heavy atom. The van der Waals surface area contributed by atoms with E-state index in [4.69, 9.17) is 0 Å². The Kier molecular flexibility index (Phi) is 5.62. The maximum atomic E-state index is 11.5. The van der Waals surface area contributed by atoms with Crippen molar-refractivity contribution in [2.75, 3.05) is 13.1 Å². The Labute approximate surface area is 109 Å². The monoisotopic (exact) mass is 249 g/mol. The van der Waals surface area contributed by atoms with Gasteiger partial charge in [-0.1, -0.05) is 19.9 Å². The molecule has 1 aromatic rings. The van der Waals surface area contributed by atoms with Gasteiger partial charge in [-0.25, -0.2) is 4.99 Å². The second kappa shape index (κ2) is 6.99. The quantitative estimate of drug-likeness (QED) is 0.594. The topological polar surface area (TPSA) is 37.6 Å². The van der Waals surface area contributed by atoms with Gasteiger partial charge in [0.2, 0.25) is 0 Å². The van der Waals surface area contributed by atoms with E-state index in [1.165, 1.54) is 0 Å². The molecule has 0 aliphatic heterocycles. The Hall–Kier alpha value is -1.58. The van der Waals surface area contributed by atoms with Crippen molar-refractivity contribution in [3.63, 3.8) is 0 Å². The molecule has 0 amide bonds. The standard InChI is InChI=1S/C14H23N3O/c1-5-10-17(11-6-2)12(3)15-13-8-7-9-14(18)16(13)4/h7-9H,5-6,10-11H2,1-4H3/b15-12+. The summed E-state index contributed by atoms with van der Waals surface area (Å²) in [6.45, 7) is 8.33. The highest BCUT2D eigenvalue weighted by Crippen LogP contribution is 2.09. The van der Waals surface area contributed by atoms with E-state index in [9.17, 15) is 4.79 Å².